The Balaban J connectivity index is 2.01. The Labute approximate surface area is 110 Å². The SMILES string of the molecule is CS(=O)CCNC(=O)C1NCCc2ccccc21. The second kappa shape index (κ2) is 6.11. The fourth-order valence-electron chi connectivity index (χ4n) is 2.16. The lowest BCUT2D eigenvalue weighted by molar-refractivity contribution is -0.123. The van der Waals surface area contributed by atoms with E-state index in [1.54, 1.807) is 6.26 Å². The van der Waals surface area contributed by atoms with E-state index in [9.17, 15) is 9.00 Å². The van der Waals surface area contributed by atoms with Gasteiger partial charge in [-0.3, -0.25) is 9.00 Å². The van der Waals surface area contributed by atoms with Gasteiger partial charge in [-0.2, -0.15) is 0 Å². The van der Waals surface area contributed by atoms with Crippen molar-refractivity contribution in [2.75, 3.05) is 25.1 Å². The highest BCUT2D eigenvalue weighted by atomic mass is 32.2. The van der Waals surface area contributed by atoms with Crippen molar-refractivity contribution in [3.63, 3.8) is 0 Å². The molecule has 0 radical (unpaired) electrons. The molecule has 98 valence electrons. The van der Waals surface area contributed by atoms with Gasteiger partial charge in [-0.15, -0.1) is 0 Å². The summed E-state index contributed by atoms with van der Waals surface area (Å²) in [6, 6.07) is 7.73. The van der Waals surface area contributed by atoms with Gasteiger partial charge in [0.05, 0.1) is 0 Å². The van der Waals surface area contributed by atoms with Gasteiger partial charge in [0.15, 0.2) is 0 Å². The highest BCUT2D eigenvalue weighted by molar-refractivity contribution is 7.84. The van der Waals surface area contributed by atoms with E-state index in [0.29, 0.717) is 12.3 Å². The molecule has 1 amide bonds. The van der Waals surface area contributed by atoms with E-state index in [0.717, 1.165) is 18.5 Å². The van der Waals surface area contributed by atoms with Crippen LogP contribution in [0.5, 0.6) is 0 Å². The van der Waals surface area contributed by atoms with Crippen LogP contribution in [0.3, 0.4) is 0 Å². The van der Waals surface area contributed by atoms with Gasteiger partial charge >= 0.3 is 0 Å². The zero-order valence-corrected chi connectivity index (χ0v) is 11.3. The van der Waals surface area contributed by atoms with Gasteiger partial charge in [0.2, 0.25) is 5.91 Å². The van der Waals surface area contributed by atoms with Gasteiger partial charge in [-0.05, 0) is 17.5 Å². The van der Waals surface area contributed by atoms with Crippen LogP contribution < -0.4 is 10.6 Å². The summed E-state index contributed by atoms with van der Waals surface area (Å²) in [4.78, 5) is 12.1. The molecule has 1 aromatic rings. The predicted molar refractivity (Wildman–Crippen MR) is 72.8 cm³/mol. The molecule has 5 heteroatoms. The molecule has 2 unspecified atom stereocenters. The summed E-state index contributed by atoms with van der Waals surface area (Å²) in [5.74, 6) is 0.465. The smallest absolute Gasteiger partial charge is 0.241 e. The second-order valence-electron chi connectivity index (χ2n) is 4.40. The van der Waals surface area contributed by atoms with Crippen LogP contribution in [0.4, 0.5) is 0 Å². The van der Waals surface area contributed by atoms with Gasteiger partial charge in [0.25, 0.3) is 0 Å². The minimum atomic E-state index is -0.867. The Morgan fingerprint density at radius 1 is 1.50 bits per heavy atom. The van der Waals surface area contributed by atoms with E-state index in [1.807, 2.05) is 18.2 Å². The molecule has 2 atom stereocenters. The quantitative estimate of drug-likeness (QED) is 0.828. The standard InChI is InChI=1S/C13H18N2O2S/c1-18(17)9-8-15-13(16)12-11-5-3-2-4-10(11)6-7-14-12/h2-5,12,14H,6-9H2,1H3,(H,15,16). The summed E-state index contributed by atoms with van der Waals surface area (Å²) in [6.45, 7) is 1.27. The average molecular weight is 266 g/mol. The molecular formula is C13H18N2O2S. The van der Waals surface area contributed by atoms with Gasteiger partial charge in [-0.1, -0.05) is 24.3 Å². The van der Waals surface area contributed by atoms with Crippen molar-refractivity contribution in [2.24, 2.45) is 0 Å². The van der Waals surface area contributed by atoms with E-state index in [-0.39, 0.29) is 11.9 Å². The number of benzene rings is 1. The van der Waals surface area contributed by atoms with Crippen molar-refractivity contribution in [1.29, 1.82) is 0 Å². The lowest BCUT2D eigenvalue weighted by Gasteiger charge is -2.25. The molecule has 4 nitrogen and oxygen atoms in total. The Bertz CT molecular complexity index is 462. The van der Waals surface area contributed by atoms with Crippen molar-refractivity contribution >= 4 is 16.7 Å². The lowest BCUT2D eigenvalue weighted by Crippen LogP contribution is -2.42. The van der Waals surface area contributed by atoms with Crippen LogP contribution in [0, 0.1) is 0 Å². The van der Waals surface area contributed by atoms with Crippen molar-refractivity contribution in [1.82, 2.24) is 10.6 Å². The Kier molecular flexibility index (Phi) is 4.49. The summed E-state index contributed by atoms with van der Waals surface area (Å²) in [7, 11) is -0.867. The number of nitrogens with one attached hydrogen (secondary N) is 2. The second-order valence-corrected chi connectivity index (χ2v) is 5.96. The van der Waals surface area contributed by atoms with Crippen LogP contribution >= 0.6 is 0 Å². The van der Waals surface area contributed by atoms with Crippen molar-refractivity contribution in [2.45, 2.75) is 12.5 Å². The molecular weight excluding hydrogens is 248 g/mol. The molecule has 0 aromatic heterocycles. The summed E-state index contributed by atoms with van der Waals surface area (Å²) >= 11 is 0. The third-order valence-electron chi connectivity index (χ3n) is 3.06. The van der Waals surface area contributed by atoms with Crippen molar-refractivity contribution < 1.29 is 9.00 Å². The molecule has 1 aromatic carbocycles. The number of hydrogen-bond donors (Lipinski definition) is 2. The summed E-state index contributed by atoms with van der Waals surface area (Å²) < 4.78 is 10.9. The first-order valence-corrected chi connectivity index (χ1v) is 7.80. The number of carbonyl (C=O) groups is 1. The maximum Gasteiger partial charge on any atom is 0.241 e. The van der Waals surface area contributed by atoms with Crippen molar-refractivity contribution in [3.8, 4) is 0 Å². The molecule has 1 aliphatic heterocycles. The maximum absolute atomic E-state index is 12.1. The van der Waals surface area contributed by atoms with E-state index in [2.05, 4.69) is 16.7 Å². The summed E-state index contributed by atoms with van der Waals surface area (Å²) in [5.41, 5.74) is 2.29. The van der Waals surface area contributed by atoms with Crippen molar-refractivity contribution in [3.05, 3.63) is 35.4 Å². The molecule has 18 heavy (non-hydrogen) atoms. The Morgan fingerprint density at radius 3 is 3.06 bits per heavy atom. The normalized spacial score (nSPS) is 19.9. The number of amides is 1. The van der Waals surface area contributed by atoms with Gasteiger partial charge in [0.1, 0.15) is 6.04 Å². The zero-order valence-electron chi connectivity index (χ0n) is 10.4. The third-order valence-corrected chi connectivity index (χ3v) is 3.84. The van der Waals surface area contributed by atoms with E-state index < -0.39 is 10.8 Å². The van der Waals surface area contributed by atoms with E-state index in [1.165, 1.54) is 5.56 Å². The van der Waals surface area contributed by atoms with Crippen LogP contribution in [-0.4, -0.2) is 35.2 Å². The molecule has 1 aliphatic rings. The number of fused-ring (bicyclic) bond motifs is 1. The highest BCUT2D eigenvalue weighted by Gasteiger charge is 2.25. The van der Waals surface area contributed by atoms with Crippen LogP contribution in [0.15, 0.2) is 24.3 Å². The first-order chi connectivity index (χ1) is 8.68. The number of rotatable bonds is 4. The molecule has 2 rings (SSSR count). The molecule has 2 N–H and O–H groups in total. The van der Waals surface area contributed by atoms with Crippen LogP contribution in [0.1, 0.15) is 17.2 Å². The van der Waals surface area contributed by atoms with E-state index in [4.69, 9.17) is 0 Å². The minimum Gasteiger partial charge on any atom is -0.354 e. The predicted octanol–water partition coefficient (Wildman–Crippen LogP) is 0.368. The van der Waals surface area contributed by atoms with E-state index >= 15 is 0 Å². The summed E-state index contributed by atoms with van der Waals surface area (Å²) in [6.07, 6.45) is 2.60. The van der Waals surface area contributed by atoms with Crippen LogP contribution in [0.25, 0.3) is 0 Å². The Hall–Kier alpha value is -1.20. The highest BCUT2D eigenvalue weighted by Crippen LogP contribution is 2.22. The van der Waals surface area contributed by atoms with Gasteiger partial charge in [-0.25, -0.2) is 0 Å². The Morgan fingerprint density at radius 2 is 2.28 bits per heavy atom. The monoisotopic (exact) mass is 266 g/mol. The number of carbonyl (C=O) groups excluding carboxylic acids is 1. The fraction of sp³-hybridized carbons (Fsp3) is 0.462. The molecule has 1 heterocycles. The number of hydrogen-bond acceptors (Lipinski definition) is 3. The van der Waals surface area contributed by atoms with Gasteiger partial charge < -0.3 is 10.6 Å². The molecule has 0 bridgehead atoms. The third kappa shape index (κ3) is 3.17. The maximum atomic E-state index is 12.1. The first kappa shape index (κ1) is 13.2. The largest absolute Gasteiger partial charge is 0.354 e. The average Bonchev–Trinajstić information content (AvgIpc) is 2.37. The van der Waals surface area contributed by atoms with Crippen LogP contribution in [-0.2, 0) is 22.0 Å². The van der Waals surface area contributed by atoms with Gasteiger partial charge in [0, 0.05) is 35.9 Å². The molecule has 0 spiro atoms. The molecule has 0 saturated heterocycles. The fourth-order valence-corrected chi connectivity index (χ4v) is 2.55. The molecule has 0 aliphatic carbocycles. The molecule has 0 saturated carbocycles. The lowest BCUT2D eigenvalue weighted by atomic mass is 9.94. The first-order valence-electron chi connectivity index (χ1n) is 6.07. The summed E-state index contributed by atoms with van der Waals surface area (Å²) in [5, 5.41) is 6.06. The molecule has 0 fully saturated rings. The minimum absolute atomic E-state index is 0.0346. The zero-order chi connectivity index (χ0) is 13.0. The van der Waals surface area contributed by atoms with Crippen LogP contribution in [0.2, 0.25) is 0 Å². The topological polar surface area (TPSA) is 58.2 Å².